The third-order valence-electron chi connectivity index (χ3n) is 1.87. The van der Waals surface area contributed by atoms with Gasteiger partial charge in [0.25, 0.3) is 0 Å². The molecule has 1 N–H and O–H groups in total. The van der Waals surface area contributed by atoms with Gasteiger partial charge in [0, 0.05) is 4.47 Å². The monoisotopic (exact) mass is 307 g/mol. The van der Waals surface area contributed by atoms with Crippen LogP contribution in [0, 0.1) is 0 Å². The topological polar surface area (TPSA) is 65.2 Å². The average molecular weight is 308 g/mol. The molecule has 2 rings (SSSR count). The second kappa shape index (κ2) is 4.10. The van der Waals surface area contributed by atoms with Gasteiger partial charge in [0.2, 0.25) is 5.75 Å². The summed E-state index contributed by atoms with van der Waals surface area (Å²) < 4.78 is 15.8. The number of hydrogen-bond donors (Lipinski definition) is 1. The highest BCUT2D eigenvalue weighted by atomic mass is 79.9. The lowest BCUT2D eigenvalue weighted by Crippen LogP contribution is -1.92. The second-order valence-electron chi connectivity index (χ2n) is 2.75. The summed E-state index contributed by atoms with van der Waals surface area (Å²) in [4.78, 5) is 13.3. The van der Waals surface area contributed by atoms with Gasteiger partial charge in [-0.15, -0.1) is 0 Å². The van der Waals surface area contributed by atoms with E-state index in [1.54, 1.807) is 12.1 Å². The fourth-order valence-electron chi connectivity index (χ4n) is 1.28. The Balaban J connectivity index is 2.66. The zero-order valence-electron chi connectivity index (χ0n) is 7.16. The van der Waals surface area contributed by atoms with Crippen LogP contribution in [0.1, 0.15) is 0 Å². The molecule has 1 unspecified atom stereocenters. The highest BCUT2D eigenvalue weighted by molar-refractivity contribution is 9.10. The molecule has 78 valence electrons. The van der Waals surface area contributed by atoms with Gasteiger partial charge in [0.15, 0.2) is 0 Å². The van der Waals surface area contributed by atoms with Gasteiger partial charge in [-0.25, -0.2) is 0 Å². The van der Waals surface area contributed by atoms with Crippen molar-refractivity contribution in [2.45, 2.75) is 0 Å². The van der Waals surface area contributed by atoms with E-state index in [2.05, 4.69) is 25.4 Å². The predicted octanol–water partition coefficient (Wildman–Crippen LogP) is 2.98. The first-order valence-corrected chi connectivity index (χ1v) is 6.13. The Hall–Kier alpha value is -0.610. The van der Waals surface area contributed by atoms with Crippen LogP contribution in [0.15, 0.2) is 22.8 Å². The number of aromatic nitrogens is 1. The van der Waals surface area contributed by atoms with E-state index in [-0.39, 0.29) is 5.75 Å². The molecule has 0 spiro atoms. The second-order valence-corrected chi connectivity index (χ2v) is 4.61. The number of benzene rings is 1. The summed E-state index contributed by atoms with van der Waals surface area (Å²) in [5.41, 5.74) is 0.718. The van der Waals surface area contributed by atoms with E-state index in [0.717, 1.165) is 5.52 Å². The third kappa shape index (κ3) is 2.01. The van der Waals surface area contributed by atoms with E-state index in [1.807, 2.05) is 0 Å². The SMILES string of the molecule is O=[P+]([O-])Oc1c[nH]c2ccc(Br)c(Cl)c12. The van der Waals surface area contributed by atoms with E-state index in [9.17, 15) is 9.46 Å². The fraction of sp³-hybridized carbons (Fsp3) is 0. The van der Waals surface area contributed by atoms with Crippen LogP contribution in [0.5, 0.6) is 5.75 Å². The molecule has 1 atom stereocenters. The largest absolute Gasteiger partial charge is 0.558 e. The first kappa shape index (κ1) is 10.9. The highest BCUT2D eigenvalue weighted by Gasteiger charge is 2.15. The van der Waals surface area contributed by atoms with Crippen LogP contribution in [0.25, 0.3) is 10.9 Å². The van der Waals surface area contributed by atoms with Crippen molar-refractivity contribution in [2.75, 3.05) is 0 Å². The van der Waals surface area contributed by atoms with Gasteiger partial charge in [0.05, 0.1) is 22.1 Å². The smallest absolute Gasteiger partial charge is 0.539 e. The molecule has 4 nitrogen and oxygen atoms in total. The van der Waals surface area contributed by atoms with Crippen LogP contribution in [0.3, 0.4) is 0 Å². The molecule has 1 aromatic heterocycles. The lowest BCUT2D eigenvalue weighted by molar-refractivity contribution is -0.178. The predicted molar refractivity (Wildman–Crippen MR) is 59.2 cm³/mol. The highest BCUT2D eigenvalue weighted by Crippen LogP contribution is 2.38. The molecule has 0 amide bonds. The number of aromatic amines is 1. The summed E-state index contributed by atoms with van der Waals surface area (Å²) in [5.74, 6) is 0.201. The molecule has 15 heavy (non-hydrogen) atoms. The van der Waals surface area contributed by atoms with Crippen molar-refractivity contribution >= 4 is 46.7 Å². The summed E-state index contributed by atoms with van der Waals surface area (Å²) in [6, 6.07) is 3.54. The van der Waals surface area contributed by atoms with E-state index in [4.69, 9.17) is 11.6 Å². The molecule has 0 aliphatic heterocycles. The first-order chi connectivity index (χ1) is 7.09. The van der Waals surface area contributed by atoms with Crippen molar-refractivity contribution in [3.8, 4) is 5.75 Å². The Bertz CT molecular complexity index is 542. The number of nitrogens with one attached hydrogen (secondary N) is 1. The van der Waals surface area contributed by atoms with Crippen LogP contribution in [0.2, 0.25) is 5.02 Å². The minimum atomic E-state index is -2.94. The normalized spacial score (nSPS) is 11.8. The first-order valence-electron chi connectivity index (χ1n) is 3.87. The molecule has 1 aromatic carbocycles. The molecule has 7 heteroatoms. The Kier molecular flexibility index (Phi) is 2.98. The molecule has 0 fully saturated rings. The van der Waals surface area contributed by atoms with Crippen molar-refractivity contribution in [1.29, 1.82) is 0 Å². The van der Waals surface area contributed by atoms with Crippen molar-refractivity contribution in [3.63, 3.8) is 0 Å². The van der Waals surface area contributed by atoms with Crippen molar-refractivity contribution in [2.24, 2.45) is 0 Å². The molecule has 0 aliphatic carbocycles. The molecule has 0 saturated heterocycles. The number of halogens is 2. The summed E-state index contributed by atoms with van der Waals surface area (Å²) in [6.45, 7) is 0. The number of hydrogen-bond acceptors (Lipinski definition) is 3. The van der Waals surface area contributed by atoms with Gasteiger partial charge >= 0.3 is 8.25 Å². The van der Waals surface area contributed by atoms with Gasteiger partial charge in [-0.1, -0.05) is 11.6 Å². The molecule has 2 aromatic rings. The molecule has 0 saturated carbocycles. The Morgan fingerprint density at radius 3 is 2.93 bits per heavy atom. The van der Waals surface area contributed by atoms with Gasteiger partial charge in [-0.3, -0.25) is 4.52 Å². The zero-order valence-corrected chi connectivity index (χ0v) is 10.4. The molecule has 0 bridgehead atoms. The molecular weight excluding hydrogens is 304 g/mol. The quantitative estimate of drug-likeness (QED) is 0.867. The van der Waals surface area contributed by atoms with Gasteiger partial charge in [-0.05, 0) is 32.6 Å². The van der Waals surface area contributed by atoms with Crippen LogP contribution in [0.4, 0.5) is 0 Å². The average Bonchev–Trinajstić information content (AvgIpc) is 2.55. The number of rotatable bonds is 2. The number of H-pyrrole nitrogens is 1. The lowest BCUT2D eigenvalue weighted by Gasteiger charge is -1.98. The Labute approximate surface area is 99.3 Å². The summed E-state index contributed by atoms with van der Waals surface area (Å²) >= 11 is 9.26. The zero-order chi connectivity index (χ0) is 11.0. The Morgan fingerprint density at radius 1 is 1.53 bits per heavy atom. The van der Waals surface area contributed by atoms with Gasteiger partial charge in [-0.2, -0.15) is 0 Å². The minimum Gasteiger partial charge on any atom is -0.558 e. The maximum atomic E-state index is 10.5. The van der Waals surface area contributed by atoms with Gasteiger partial charge < -0.3 is 9.88 Å². The van der Waals surface area contributed by atoms with Crippen molar-refractivity contribution in [1.82, 2.24) is 4.98 Å². The molecule has 1 heterocycles. The molecule has 0 radical (unpaired) electrons. The molecule has 0 aliphatic rings. The maximum Gasteiger partial charge on any atom is 0.539 e. The summed E-state index contributed by atoms with van der Waals surface area (Å²) in [5, 5.41) is 0.964. The van der Waals surface area contributed by atoms with E-state index in [0.29, 0.717) is 14.9 Å². The van der Waals surface area contributed by atoms with Crippen LogP contribution in [-0.2, 0) is 4.57 Å². The van der Waals surface area contributed by atoms with Gasteiger partial charge in [0.1, 0.15) is 0 Å². The fourth-order valence-corrected chi connectivity index (χ4v) is 2.17. The number of fused-ring (bicyclic) bond motifs is 1. The minimum absolute atomic E-state index is 0.201. The van der Waals surface area contributed by atoms with E-state index < -0.39 is 8.25 Å². The maximum absolute atomic E-state index is 10.5. The van der Waals surface area contributed by atoms with Crippen LogP contribution < -0.4 is 9.42 Å². The van der Waals surface area contributed by atoms with Crippen LogP contribution in [-0.4, -0.2) is 4.98 Å². The Morgan fingerprint density at radius 2 is 2.27 bits per heavy atom. The van der Waals surface area contributed by atoms with Crippen LogP contribution >= 0.6 is 35.8 Å². The third-order valence-corrected chi connectivity index (χ3v) is 3.50. The van der Waals surface area contributed by atoms with E-state index >= 15 is 0 Å². The van der Waals surface area contributed by atoms with E-state index in [1.165, 1.54) is 6.20 Å². The summed E-state index contributed by atoms with van der Waals surface area (Å²) in [6.07, 6.45) is 1.45. The molecular formula is C8H4BrClNO3P. The van der Waals surface area contributed by atoms with Crippen molar-refractivity contribution < 1.29 is 14.0 Å². The van der Waals surface area contributed by atoms with Crippen molar-refractivity contribution in [3.05, 3.63) is 27.8 Å². The standard InChI is InChI=1S/C8H4BrClNO3P/c9-4-1-2-5-7(8(4)10)6(3-11-5)14-15(12)13/h1-3,11H. The summed E-state index contributed by atoms with van der Waals surface area (Å²) in [7, 11) is -2.94. The lowest BCUT2D eigenvalue weighted by atomic mass is 10.2.